The molecule has 15 heavy (non-hydrogen) atoms. The third-order valence-corrected chi connectivity index (χ3v) is 2.56. The SMILES string of the molecule is COC(=O)C(C)(C)C(N)c1ccc(C)o1. The van der Waals surface area contributed by atoms with Crippen LogP contribution in [0, 0.1) is 12.3 Å². The average molecular weight is 211 g/mol. The molecule has 1 unspecified atom stereocenters. The molecule has 0 aliphatic heterocycles. The van der Waals surface area contributed by atoms with Gasteiger partial charge in [-0.05, 0) is 32.9 Å². The lowest BCUT2D eigenvalue weighted by atomic mass is 9.83. The second-order valence-electron chi connectivity index (χ2n) is 4.14. The number of rotatable bonds is 3. The van der Waals surface area contributed by atoms with Crippen molar-refractivity contribution in [3.63, 3.8) is 0 Å². The highest BCUT2D eigenvalue weighted by molar-refractivity contribution is 5.76. The van der Waals surface area contributed by atoms with Crippen LogP contribution < -0.4 is 5.73 Å². The lowest BCUT2D eigenvalue weighted by Gasteiger charge is -2.26. The molecule has 0 saturated carbocycles. The van der Waals surface area contributed by atoms with Crippen molar-refractivity contribution in [3.05, 3.63) is 23.7 Å². The molecule has 0 amide bonds. The Morgan fingerprint density at radius 1 is 1.53 bits per heavy atom. The summed E-state index contributed by atoms with van der Waals surface area (Å²) in [6, 6.07) is 3.10. The van der Waals surface area contributed by atoms with Crippen LogP contribution in [0.1, 0.15) is 31.4 Å². The molecule has 1 heterocycles. The van der Waals surface area contributed by atoms with E-state index in [-0.39, 0.29) is 5.97 Å². The Morgan fingerprint density at radius 3 is 2.53 bits per heavy atom. The van der Waals surface area contributed by atoms with Crippen LogP contribution in [0.25, 0.3) is 0 Å². The quantitative estimate of drug-likeness (QED) is 0.774. The third kappa shape index (κ3) is 2.21. The molecule has 4 nitrogen and oxygen atoms in total. The van der Waals surface area contributed by atoms with Gasteiger partial charge < -0.3 is 14.9 Å². The molecule has 1 atom stereocenters. The van der Waals surface area contributed by atoms with E-state index in [2.05, 4.69) is 0 Å². The molecule has 0 spiro atoms. The van der Waals surface area contributed by atoms with E-state index in [1.165, 1.54) is 7.11 Å². The summed E-state index contributed by atoms with van der Waals surface area (Å²) in [5.74, 6) is 1.04. The molecule has 1 aromatic heterocycles. The maximum absolute atomic E-state index is 11.5. The predicted molar refractivity (Wildman–Crippen MR) is 56.2 cm³/mol. The largest absolute Gasteiger partial charge is 0.469 e. The van der Waals surface area contributed by atoms with E-state index in [4.69, 9.17) is 14.9 Å². The van der Waals surface area contributed by atoms with Crippen molar-refractivity contribution in [1.29, 1.82) is 0 Å². The summed E-state index contributed by atoms with van der Waals surface area (Å²) >= 11 is 0. The Kier molecular flexibility index (Phi) is 3.19. The number of ether oxygens (including phenoxy) is 1. The fraction of sp³-hybridized carbons (Fsp3) is 0.545. The summed E-state index contributed by atoms with van der Waals surface area (Å²) in [5, 5.41) is 0. The molecule has 2 N–H and O–H groups in total. The average Bonchev–Trinajstić information content (AvgIpc) is 2.62. The van der Waals surface area contributed by atoms with Gasteiger partial charge in [-0.25, -0.2) is 0 Å². The van der Waals surface area contributed by atoms with E-state index in [0.29, 0.717) is 5.76 Å². The summed E-state index contributed by atoms with van der Waals surface area (Å²) in [4.78, 5) is 11.5. The minimum absolute atomic E-state index is 0.343. The van der Waals surface area contributed by atoms with Crippen LogP contribution in [-0.4, -0.2) is 13.1 Å². The Morgan fingerprint density at radius 2 is 2.13 bits per heavy atom. The number of methoxy groups -OCH3 is 1. The van der Waals surface area contributed by atoms with Crippen molar-refractivity contribution in [2.75, 3.05) is 7.11 Å². The van der Waals surface area contributed by atoms with Crippen LogP contribution in [0.5, 0.6) is 0 Å². The number of carbonyl (C=O) groups is 1. The Hall–Kier alpha value is -1.29. The third-order valence-electron chi connectivity index (χ3n) is 2.56. The van der Waals surface area contributed by atoms with E-state index in [9.17, 15) is 4.79 Å². The topological polar surface area (TPSA) is 65.5 Å². The van der Waals surface area contributed by atoms with Gasteiger partial charge in [0.15, 0.2) is 0 Å². The molecule has 84 valence electrons. The van der Waals surface area contributed by atoms with E-state index in [1.54, 1.807) is 19.9 Å². The van der Waals surface area contributed by atoms with Gasteiger partial charge in [-0.3, -0.25) is 4.79 Å². The van der Waals surface area contributed by atoms with Crippen LogP contribution in [0.15, 0.2) is 16.5 Å². The van der Waals surface area contributed by atoms with Gasteiger partial charge in [0.2, 0.25) is 0 Å². The van der Waals surface area contributed by atoms with Gasteiger partial charge in [0.1, 0.15) is 11.5 Å². The maximum atomic E-state index is 11.5. The van der Waals surface area contributed by atoms with Gasteiger partial charge in [-0.1, -0.05) is 0 Å². The normalized spacial score (nSPS) is 13.7. The molecule has 0 aliphatic rings. The smallest absolute Gasteiger partial charge is 0.313 e. The van der Waals surface area contributed by atoms with Crippen molar-refractivity contribution in [2.45, 2.75) is 26.8 Å². The number of hydrogen-bond donors (Lipinski definition) is 1. The Bertz CT molecular complexity index is 354. The number of nitrogens with two attached hydrogens (primary N) is 1. The molecule has 0 aromatic carbocycles. The number of aryl methyl sites for hydroxylation is 1. The summed E-state index contributed by atoms with van der Waals surface area (Å²) in [6.45, 7) is 5.31. The van der Waals surface area contributed by atoms with Gasteiger partial charge in [0.25, 0.3) is 0 Å². The van der Waals surface area contributed by atoms with Crippen molar-refractivity contribution in [3.8, 4) is 0 Å². The van der Waals surface area contributed by atoms with Crippen LogP contribution in [0.3, 0.4) is 0 Å². The van der Waals surface area contributed by atoms with E-state index in [0.717, 1.165) is 5.76 Å². The Labute approximate surface area is 89.4 Å². The van der Waals surface area contributed by atoms with Crippen molar-refractivity contribution >= 4 is 5.97 Å². The molecule has 0 aliphatic carbocycles. The van der Waals surface area contributed by atoms with Crippen molar-refractivity contribution in [1.82, 2.24) is 0 Å². The lowest BCUT2D eigenvalue weighted by molar-refractivity contribution is -0.152. The summed E-state index contributed by atoms with van der Waals surface area (Å²) in [7, 11) is 1.35. The van der Waals surface area contributed by atoms with Crippen LogP contribution in [0.4, 0.5) is 0 Å². The number of carbonyl (C=O) groups excluding carboxylic acids is 1. The molecule has 0 saturated heterocycles. The number of furan rings is 1. The first kappa shape index (κ1) is 11.8. The molecular weight excluding hydrogens is 194 g/mol. The minimum Gasteiger partial charge on any atom is -0.469 e. The Balaban J connectivity index is 2.93. The molecular formula is C11H17NO3. The van der Waals surface area contributed by atoms with Crippen molar-refractivity contribution < 1.29 is 13.9 Å². The van der Waals surface area contributed by atoms with E-state index < -0.39 is 11.5 Å². The van der Waals surface area contributed by atoms with Gasteiger partial charge >= 0.3 is 5.97 Å². The molecule has 0 fully saturated rings. The van der Waals surface area contributed by atoms with Crippen LogP contribution in [0.2, 0.25) is 0 Å². The molecule has 1 aromatic rings. The highest BCUT2D eigenvalue weighted by Crippen LogP contribution is 2.33. The van der Waals surface area contributed by atoms with Gasteiger partial charge in [-0.15, -0.1) is 0 Å². The first-order chi connectivity index (χ1) is 6.89. The second kappa shape index (κ2) is 4.06. The summed E-state index contributed by atoms with van der Waals surface area (Å²) in [6.07, 6.45) is 0. The zero-order valence-corrected chi connectivity index (χ0v) is 9.53. The monoisotopic (exact) mass is 211 g/mol. The fourth-order valence-electron chi connectivity index (χ4n) is 1.37. The highest BCUT2D eigenvalue weighted by Gasteiger charge is 2.38. The first-order valence-corrected chi connectivity index (χ1v) is 4.80. The lowest BCUT2D eigenvalue weighted by Crippen LogP contribution is -2.37. The first-order valence-electron chi connectivity index (χ1n) is 4.80. The van der Waals surface area contributed by atoms with Crippen LogP contribution >= 0.6 is 0 Å². The zero-order chi connectivity index (χ0) is 11.6. The van der Waals surface area contributed by atoms with E-state index in [1.807, 2.05) is 13.0 Å². The number of hydrogen-bond acceptors (Lipinski definition) is 4. The highest BCUT2D eigenvalue weighted by atomic mass is 16.5. The van der Waals surface area contributed by atoms with E-state index >= 15 is 0 Å². The minimum atomic E-state index is -0.793. The summed E-state index contributed by atoms with van der Waals surface area (Å²) < 4.78 is 10.1. The molecule has 0 bridgehead atoms. The van der Waals surface area contributed by atoms with Gasteiger partial charge in [0, 0.05) is 0 Å². The van der Waals surface area contributed by atoms with Crippen LogP contribution in [-0.2, 0) is 9.53 Å². The predicted octanol–water partition coefficient (Wildman–Crippen LogP) is 1.79. The molecule has 1 rings (SSSR count). The summed E-state index contributed by atoms with van der Waals surface area (Å²) in [5.41, 5.74) is 5.18. The van der Waals surface area contributed by atoms with Gasteiger partial charge in [-0.2, -0.15) is 0 Å². The molecule has 0 radical (unpaired) electrons. The molecule has 4 heteroatoms. The zero-order valence-electron chi connectivity index (χ0n) is 9.53. The number of esters is 1. The fourth-order valence-corrected chi connectivity index (χ4v) is 1.37. The second-order valence-corrected chi connectivity index (χ2v) is 4.14. The van der Waals surface area contributed by atoms with Gasteiger partial charge in [0.05, 0.1) is 18.6 Å². The van der Waals surface area contributed by atoms with Crippen molar-refractivity contribution in [2.24, 2.45) is 11.1 Å². The standard InChI is InChI=1S/C11H17NO3/c1-7-5-6-8(15-7)9(12)11(2,3)10(13)14-4/h5-6,9H,12H2,1-4H3. The maximum Gasteiger partial charge on any atom is 0.313 e.